The molecule has 23 heavy (non-hydrogen) atoms. The van der Waals surface area contributed by atoms with Gasteiger partial charge in [0.25, 0.3) is 5.91 Å². The molecule has 0 bridgehead atoms. The van der Waals surface area contributed by atoms with Gasteiger partial charge in [0.15, 0.2) is 5.78 Å². The lowest BCUT2D eigenvalue weighted by molar-refractivity contribution is -0.0484. The van der Waals surface area contributed by atoms with Crippen LogP contribution in [0.15, 0.2) is 6.07 Å². The summed E-state index contributed by atoms with van der Waals surface area (Å²) in [6.07, 6.45) is 2.76. The van der Waals surface area contributed by atoms with Crippen molar-refractivity contribution in [3.8, 4) is 0 Å². The van der Waals surface area contributed by atoms with E-state index in [1.807, 2.05) is 4.90 Å². The fourth-order valence-electron chi connectivity index (χ4n) is 3.56. The molecule has 0 unspecified atom stereocenters. The average molecular weight is 318 g/mol. The second-order valence-corrected chi connectivity index (χ2v) is 6.85. The normalized spacial score (nSPS) is 28.0. The Balaban J connectivity index is 1.45. The van der Waals surface area contributed by atoms with Crippen molar-refractivity contribution in [1.82, 2.24) is 20.0 Å². The second-order valence-electron chi connectivity index (χ2n) is 6.85. The number of likely N-dealkylation sites (tertiary alicyclic amines) is 1. The van der Waals surface area contributed by atoms with Crippen molar-refractivity contribution in [1.29, 1.82) is 0 Å². The lowest BCUT2D eigenvalue weighted by atomic mass is 10.1. The summed E-state index contributed by atoms with van der Waals surface area (Å²) in [5, 5.41) is 6.58. The Kier molecular flexibility index (Phi) is 3.69. The third-order valence-electron chi connectivity index (χ3n) is 5.06. The SMILES string of the molecule is CC(=O)c1cc(C(=O)N2C[C@@H]3OCCN(CC4CC4)[C@@H]3C2)[nH]n1. The van der Waals surface area contributed by atoms with Crippen molar-refractivity contribution < 1.29 is 14.3 Å². The zero-order valence-electron chi connectivity index (χ0n) is 13.3. The van der Waals surface area contributed by atoms with E-state index in [0.717, 1.165) is 25.6 Å². The van der Waals surface area contributed by atoms with Gasteiger partial charge in [-0.1, -0.05) is 0 Å². The summed E-state index contributed by atoms with van der Waals surface area (Å²) in [6.45, 7) is 5.57. The summed E-state index contributed by atoms with van der Waals surface area (Å²) in [4.78, 5) is 28.3. The van der Waals surface area contributed by atoms with Crippen molar-refractivity contribution in [2.24, 2.45) is 5.92 Å². The number of aromatic nitrogens is 2. The predicted octanol–water partition coefficient (Wildman–Crippen LogP) is 0.547. The van der Waals surface area contributed by atoms with E-state index in [9.17, 15) is 9.59 Å². The number of fused-ring (bicyclic) bond motifs is 1. The minimum Gasteiger partial charge on any atom is -0.373 e. The number of carbonyl (C=O) groups excluding carboxylic acids is 2. The van der Waals surface area contributed by atoms with Crippen molar-refractivity contribution in [3.63, 3.8) is 0 Å². The number of hydrogen-bond acceptors (Lipinski definition) is 5. The summed E-state index contributed by atoms with van der Waals surface area (Å²) < 4.78 is 5.88. The number of amides is 1. The highest BCUT2D eigenvalue weighted by molar-refractivity contribution is 5.97. The van der Waals surface area contributed by atoms with Crippen molar-refractivity contribution in [3.05, 3.63) is 17.5 Å². The van der Waals surface area contributed by atoms with Gasteiger partial charge in [-0.25, -0.2) is 0 Å². The highest BCUT2D eigenvalue weighted by atomic mass is 16.5. The van der Waals surface area contributed by atoms with Gasteiger partial charge >= 0.3 is 0 Å². The van der Waals surface area contributed by atoms with Gasteiger partial charge in [0.05, 0.1) is 18.8 Å². The van der Waals surface area contributed by atoms with Crippen molar-refractivity contribution >= 4 is 11.7 Å². The summed E-state index contributed by atoms with van der Waals surface area (Å²) >= 11 is 0. The number of nitrogens with zero attached hydrogens (tertiary/aromatic N) is 3. The third-order valence-corrected chi connectivity index (χ3v) is 5.06. The summed E-state index contributed by atoms with van der Waals surface area (Å²) in [5.41, 5.74) is 0.680. The maximum atomic E-state index is 12.6. The van der Waals surface area contributed by atoms with Crippen LogP contribution < -0.4 is 0 Å². The van der Waals surface area contributed by atoms with E-state index in [4.69, 9.17) is 4.74 Å². The van der Waals surface area contributed by atoms with E-state index in [1.54, 1.807) is 0 Å². The Hall–Kier alpha value is -1.73. The Labute approximate surface area is 135 Å². The molecule has 1 aromatic heterocycles. The monoisotopic (exact) mass is 318 g/mol. The predicted molar refractivity (Wildman–Crippen MR) is 82.3 cm³/mol. The highest BCUT2D eigenvalue weighted by Gasteiger charge is 2.43. The number of hydrogen-bond donors (Lipinski definition) is 1. The maximum Gasteiger partial charge on any atom is 0.272 e. The first-order valence-electron chi connectivity index (χ1n) is 8.33. The third kappa shape index (κ3) is 2.90. The maximum absolute atomic E-state index is 12.6. The molecule has 7 heteroatoms. The first-order valence-corrected chi connectivity index (χ1v) is 8.33. The summed E-state index contributed by atoms with van der Waals surface area (Å²) in [6, 6.07) is 1.83. The van der Waals surface area contributed by atoms with Crippen LogP contribution in [0.3, 0.4) is 0 Å². The molecule has 2 atom stereocenters. The van der Waals surface area contributed by atoms with Crippen LogP contribution in [0, 0.1) is 5.92 Å². The number of rotatable bonds is 4. The number of ketones is 1. The molecular formula is C16H22N4O3. The molecule has 1 aromatic rings. The number of nitrogens with one attached hydrogen (secondary N) is 1. The van der Waals surface area contributed by atoms with Gasteiger partial charge in [-0.2, -0.15) is 5.10 Å². The zero-order chi connectivity index (χ0) is 16.0. The van der Waals surface area contributed by atoms with Crippen LogP contribution in [0.5, 0.6) is 0 Å². The van der Waals surface area contributed by atoms with Gasteiger partial charge in [0.2, 0.25) is 0 Å². The van der Waals surface area contributed by atoms with Crippen LogP contribution >= 0.6 is 0 Å². The average Bonchev–Trinajstić information content (AvgIpc) is 3.05. The first kappa shape index (κ1) is 14.8. The molecule has 2 saturated heterocycles. The Morgan fingerprint density at radius 2 is 2.22 bits per heavy atom. The standard InChI is InChI=1S/C16H22N4O3/c1-10(21)12-6-13(18-17-12)16(22)20-8-14-15(9-20)23-5-4-19(14)7-11-2-3-11/h6,11,14-15H,2-5,7-9H2,1H3,(H,17,18)/t14-,15+/m1/s1. The van der Waals surface area contributed by atoms with E-state index in [1.165, 1.54) is 25.8 Å². The van der Waals surface area contributed by atoms with Crippen LogP contribution in [-0.2, 0) is 4.74 Å². The number of aromatic amines is 1. The molecule has 3 heterocycles. The molecule has 7 nitrogen and oxygen atoms in total. The molecule has 124 valence electrons. The minimum atomic E-state index is -0.144. The molecule has 1 aliphatic carbocycles. The number of Topliss-reactive ketones (excluding diaryl/α,β-unsaturated/α-hetero) is 1. The second kappa shape index (κ2) is 5.72. The lowest BCUT2D eigenvalue weighted by Gasteiger charge is -2.36. The Morgan fingerprint density at radius 1 is 1.39 bits per heavy atom. The minimum absolute atomic E-state index is 0.0987. The fraction of sp³-hybridized carbons (Fsp3) is 0.688. The molecule has 2 aliphatic heterocycles. The topological polar surface area (TPSA) is 78.5 Å². The molecule has 3 aliphatic rings. The first-order chi connectivity index (χ1) is 11.1. The van der Waals surface area contributed by atoms with Crippen molar-refractivity contribution in [2.75, 3.05) is 32.8 Å². The van der Waals surface area contributed by atoms with Gasteiger partial charge in [0.1, 0.15) is 11.4 Å². The number of morpholine rings is 1. The quantitative estimate of drug-likeness (QED) is 0.820. The summed E-state index contributed by atoms with van der Waals surface area (Å²) in [5.74, 6) is 0.591. The van der Waals surface area contributed by atoms with Crippen LogP contribution in [0.25, 0.3) is 0 Å². The molecule has 4 rings (SSSR count). The molecule has 1 amide bonds. The Bertz CT molecular complexity index is 625. The van der Waals surface area contributed by atoms with Gasteiger partial charge in [-0.05, 0) is 24.8 Å². The molecule has 0 radical (unpaired) electrons. The highest BCUT2D eigenvalue weighted by Crippen LogP contribution is 2.33. The van der Waals surface area contributed by atoms with E-state index < -0.39 is 0 Å². The summed E-state index contributed by atoms with van der Waals surface area (Å²) in [7, 11) is 0. The van der Waals surface area contributed by atoms with Crippen LogP contribution in [0.2, 0.25) is 0 Å². The van der Waals surface area contributed by atoms with Gasteiger partial charge < -0.3 is 9.64 Å². The van der Waals surface area contributed by atoms with Gasteiger partial charge in [-0.15, -0.1) is 0 Å². The van der Waals surface area contributed by atoms with Crippen LogP contribution in [0.1, 0.15) is 40.7 Å². The van der Waals surface area contributed by atoms with Crippen LogP contribution in [-0.4, -0.2) is 76.6 Å². The molecule has 3 fully saturated rings. The van der Waals surface area contributed by atoms with Gasteiger partial charge in [-0.3, -0.25) is 19.6 Å². The van der Waals surface area contributed by atoms with Crippen LogP contribution in [0.4, 0.5) is 0 Å². The fourth-order valence-corrected chi connectivity index (χ4v) is 3.56. The molecule has 1 N–H and O–H groups in total. The molecular weight excluding hydrogens is 296 g/mol. The van der Waals surface area contributed by atoms with Crippen molar-refractivity contribution in [2.45, 2.75) is 31.9 Å². The zero-order valence-corrected chi connectivity index (χ0v) is 13.3. The lowest BCUT2D eigenvalue weighted by Crippen LogP contribution is -2.51. The van der Waals surface area contributed by atoms with E-state index in [-0.39, 0.29) is 17.8 Å². The largest absolute Gasteiger partial charge is 0.373 e. The molecule has 0 spiro atoms. The number of carbonyl (C=O) groups is 2. The smallest absolute Gasteiger partial charge is 0.272 e. The van der Waals surface area contributed by atoms with E-state index in [2.05, 4.69) is 15.1 Å². The van der Waals surface area contributed by atoms with Gasteiger partial charge in [0, 0.05) is 33.1 Å². The van der Waals surface area contributed by atoms with E-state index >= 15 is 0 Å². The molecule has 0 aromatic carbocycles. The molecule has 1 saturated carbocycles. The number of H-pyrrole nitrogens is 1. The van der Waals surface area contributed by atoms with E-state index in [0.29, 0.717) is 30.5 Å². The number of ether oxygens (including phenoxy) is 1. The Morgan fingerprint density at radius 3 is 2.91 bits per heavy atom.